The van der Waals surface area contributed by atoms with E-state index in [1.807, 2.05) is 12.2 Å². The lowest BCUT2D eigenvalue weighted by Gasteiger charge is -2.24. The maximum atomic E-state index is 12.6. The molecule has 4 nitrogen and oxygen atoms in total. The number of alkyl halides is 6. The van der Waals surface area contributed by atoms with Gasteiger partial charge < -0.3 is 4.74 Å². The topological polar surface area (TPSA) is 60.4 Å². The quantitative estimate of drug-likeness (QED) is 0.365. The molecule has 5 atom stereocenters. The molecule has 0 heterocycles. The van der Waals surface area contributed by atoms with E-state index < -0.39 is 61.6 Å². The number of halogens is 6. The van der Waals surface area contributed by atoms with Gasteiger partial charge in [0, 0.05) is 6.42 Å². The molecular weight excluding hydrogens is 410 g/mol. The average molecular weight is 426 g/mol. The van der Waals surface area contributed by atoms with Crippen molar-refractivity contribution >= 4 is 27.6 Å². The summed E-state index contributed by atoms with van der Waals surface area (Å²) < 4.78 is 100. The van der Waals surface area contributed by atoms with Crippen LogP contribution in [0.15, 0.2) is 12.2 Å². The van der Waals surface area contributed by atoms with Gasteiger partial charge in [-0.25, -0.2) is 8.42 Å². The van der Waals surface area contributed by atoms with Crippen LogP contribution in [0, 0.1) is 17.8 Å². The van der Waals surface area contributed by atoms with Crippen LogP contribution >= 0.6 is 11.8 Å². The summed E-state index contributed by atoms with van der Waals surface area (Å²) in [5.74, 6) is -1.07. The first-order valence-corrected chi connectivity index (χ1v) is 10.1. The molecule has 1 fully saturated rings. The van der Waals surface area contributed by atoms with E-state index in [1.165, 1.54) is 0 Å². The van der Waals surface area contributed by atoms with Crippen LogP contribution in [0.1, 0.15) is 26.2 Å². The van der Waals surface area contributed by atoms with Crippen LogP contribution < -0.4 is 0 Å². The van der Waals surface area contributed by atoms with Gasteiger partial charge in [0.1, 0.15) is 10.7 Å². The Bertz CT molecular complexity index is 670. The second-order valence-electron chi connectivity index (χ2n) is 6.35. The summed E-state index contributed by atoms with van der Waals surface area (Å²) in [6.45, 7) is 1.08. The second-order valence-corrected chi connectivity index (χ2v) is 10.0. The predicted molar refractivity (Wildman–Crippen MR) is 81.4 cm³/mol. The average Bonchev–Trinajstić information content (AvgIpc) is 3.06. The molecule has 26 heavy (non-hydrogen) atoms. The van der Waals surface area contributed by atoms with Crippen molar-refractivity contribution in [2.45, 2.75) is 47.9 Å². The van der Waals surface area contributed by atoms with Gasteiger partial charge >= 0.3 is 17.0 Å². The van der Waals surface area contributed by atoms with Gasteiger partial charge in [0.25, 0.3) is 9.84 Å². The Hall–Kier alpha value is -0.910. The fourth-order valence-corrected chi connectivity index (χ4v) is 5.84. The summed E-state index contributed by atoms with van der Waals surface area (Å²) in [7, 11) is -6.09. The number of thioether (sulfide) groups is 1. The first-order valence-electron chi connectivity index (χ1n) is 7.64. The number of rotatable bonds is 6. The fourth-order valence-electron chi connectivity index (χ4n) is 3.19. The van der Waals surface area contributed by atoms with Crippen LogP contribution in [-0.2, 0) is 19.4 Å². The van der Waals surface area contributed by atoms with Gasteiger partial charge in [0.2, 0.25) is 0 Å². The Labute approximate surface area is 150 Å². The molecule has 150 valence electrons. The predicted octanol–water partition coefficient (Wildman–Crippen LogP) is 4.03. The van der Waals surface area contributed by atoms with Crippen LogP contribution in [0.25, 0.3) is 0 Å². The van der Waals surface area contributed by atoms with Gasteiger partial charge in [-0.2, -0.15) is 26.3 Å². The van der Waals surface area contributed by atoms with Gasteiger partial charge in [-0.1, -0.05) is 12.2 Å². The summed E-state index contributed by atoms with van der Waals surface area (Å²) >= 11 is -1.27. The van der Waals surface area contributed by atoms with Crippen LogP contribution in [0.2, 0.25) is 0 Å². The Morgan fingerprint density at radius 2 is 1.81 bits per heavy atom. The molecule has 0 amide bonds. The highest BCUT2D eigenvalue weighted by Crippen LogP contribution is 2.45. The van der Waals surface area contributed by atoms with Crippen molar-refractivity contribution in [2.75, 3.05) is 0 Å². The second kappa shape index (κ2) is 7.25. The molecule has 0 aromatic carbocycles. The lowest BCUT2D eigenvalue weighted by molar-refractivity contribution is -0.154. The summed E-state index contributed by atoms with van der Waals surface area (Å²) in [5, 5.41) is 0. The molecule has 2 aliphatic carbocycles. The standard InChI is InChI=1S/C14H16F6O4S2/c1-7(24-12(21)10-6-8-2-3-9(10)5-8)4-11(25-13(15,16)17)26(22,23)14(18,19)20/h2-3,7-11H,4-6H2,1H3. The summed E-state index contributed by atoms with van der Waals surface area (Å²) in [4.78, 5) is 12.1. The maximum Gasteiger partial charge on any atom is 0.498 e. The molecule has 0 N–H and O–H groups in total. The van der Waals surface area contributed by atoms with Crippen LogP contribution in [0.3, 0.4) is 0 Å². The van der Waals surface area contributed by atoms with Crippen molar-refractivity contribution in [3.05, 3.63) is 12.2 Å². The minimum Gasteiger partial charge on any atom is -0.462 e. The normalized spacial score (nSPS) is 28.2. The Kier molecular flexibility index (Phi) is 5.96. The molecule has 2 rings (SSSR count). The largest absolute Gasteiger partial charge is 0.498 e. The molecule has 1 saturated carbocycles. The van der Waals surface area contributed by atoms with Crippen LogP contribution in [0.5, 0.6) is 0 Å². The number of sulfone groups is 1. The monoisotopic (exact) mass is 426 g/mol. The fraction of sp³-hybridized carbons (Fsp3) is 0.786. The molecule has 0 aromatic heterocycles. The van der Waals surface area contributed by atoms with Crippen molar-refractivity contribution in [2.24, 2.45) is 17.8 Å². The van der Waals surface area contributed by atoms with Crippen molar-refractivity contribution in [3.63, 3.8) is 0 Å². The van der Waals surface area contributed by atoms with E-state index in [1.54, 1.807) is 0 Å². The lowest BCUT2D eigenvalue weighted by Crippen LogP contribution is -2.37. The van der Waals surface area contributed by atoms with E-state index in [2.05, 4.69) is 0 Å². The highest BCUT2D eigenvalue weighted by Gasteiger charge is 2.54. The van der Waals surface area contributed by atoms with Crippen LogP contribution in [0.4, 0.5) is 26.3 Å². The van der Waals surface area contributed by atoms with Crippen LogP contribution in [-0.4, -0.2) is 36.1 Å². The van der Waals surface area contributed by atoms with Gasteiger partial charge in [0.05, 0.1) is 5.92 Å². The van der Waals surface area contributed by atoms with Crippen molar-refractivity contribution in [3.8, 4) is 0 Å². The molecular formula is C14H16F6O4S2. The molecule has 2 bridgehead atoms. The Morgan fingerprint density at radius 1 is 1.19 bits per heavy atom. The first kappa shape index (κ1) is 21.4. The first-order chi connectivity index (χ1) is 11.7. The number of fused-ring (bicyclic) bond motifs is 2. The van der Waals surface area contributed by atoms with E-state index in [0.29, 0.717) is 6.42 Å². The van der Waals surface area contributed by atoms with E-state index >= 15 is 0 Å². The summed E-state index contributed by atoms with van der Waals surface area (Å²) in [6.07, 6.45) is 2.51. The smallest absolute Gasteiger partial charge is 0.462 e. The Balaban J connectivity index is 2.05. The Morgan fingerprint density at radius 3 is 2.23 bits per heavy atom. The lowest BCUT2D eigenvalue weighted by atomic mass is 9.94. The number of ether oxygens (including phenoxy) is 1. The SMILES string of the molecule is CC(CC(SC(F)(F)F)S(=O)(=O)C(F)(F)F)OC(=O)C1CC2C=CC1C2. The summed E-state index contributed by atoms with van der Waals surface area (Å²) in [6, 6.07) is 0. The number of esters is 1. The van der Waals surface area contributed by atoms with Gasteiger partial charge in [0.15, 0.2) is 0 Å². The van der Waals surface area contributed by atoms with Gasteiger partial charge in [-0.05, 0) is 43.4 Å². The molecule has 0 aromatic rings. The van der Waals surface area contributed by atoms with E-state index in [4.69, 9.17) is 4.74 Å². The molecule has 12 heteroatoms. The minimum absolute atomic E-state index is 0.0565. The van der Waals surface area contributed by atoms with Gasteiger partial charge in [-0.15, -0.1) is 0 Å². The molecule has 2 aliphatic rings. The molecule has 5 unspecified atom stereocenters. The summed E-state index contributed by atoms with van der Waals surface area (Å²) in [5.41, 5.74) is -11.0. The van der Waals surface area contributed by atoms with Gasteiger partial charge in [-0.3, -0.25) is 4.79 Å². The molecule has 0 spiro atoms. The third kappa shape index (κ3) is 4.87. The number of carbonyl (C=O) groups is 1. The zero-order valence-electron chi connectivity index (χ0n) is 13.4. The van der Waals surface area contributed by atoms with E-state index in [0.717, 1.165) is 13.3 Å². The number of hydrogen-bond donors (Lipinski definition) is 0. The highest BCUT2D eigenvalue weighted by atomic mass is 32.3. The maximum absolute atomic E-state index is 12.6. The van der Waals surface area contributed by atoms with E-state index in [-0.39, 0.29) is 11.8 Å². The molecule has 0 aliphatic heterocycles. The van der Waals surface area contributed by atoms with Crippen molar-refractivity contribution in [1.29, 1.82) is 0 Å². The van der Waals surface area contributed by atoms with E-state index in [9.17, 15) is 39.6 Å². The molecule has 0 saturated heterocycles. The number of carbonyl (C=O) groups excluding carboxylic acids is 1. The zero-order chi connectivity index (χ0) is 19.9. The number of hydrogen-bond acceptors (Lipinski definition) is 5. The molecule has 0 radical (unpaired) electrons. The van der Waals surface area contributed by atoms with Crippen molar-refractivity contribution in [1.82, 2.24) is 0 Å². The minimum atomic E-state index is -6.09. The number of allylic oxidation sites excluding steroid dienone is 2. The zero-order valence-corrected chi connectivity index (χ0v) is 15.0. The third-order valence-corrected chi connectivity index (χ3v) is 7.66. The highest BCUT2D eigenvalue weighted by molar-refractivity contribution is 8.14. The van der Waals surface area contributed by atoms with Crippen molar-refractivity contribution < 1.29 is 44.3 Å². The third-order valence-electron chi connectivity index (χ3n) is 4.36.